The Morgan fingerprint density at radius 3 is 1.80 bits per heavy atom. The molecule has 3 aromatic heterocycles. The summed E-state index contributed by atoms with van der Waals surface area (Å²) in [6.45, 7) is 4.55. The van der Waals surface area contributed by atoms with Crippen molar-refractivity contribution in [2.24, 2.45) is 0 Å². The molecular weight excluding hydrogens is 649 g/mol. The summed E-state index contributed by atoms with van der Waals surface area (Å²) in [5, 5.41) is 0.270. The molecule has 228 valence electrons. The number of amides is 2. The largest absolute Gasteiger partial charge is 0.456 e. The SMILES string of the molecule is CCN1C(=O)C(=C/C=C/c2cc3sc4cc(C=C5C=C(c6ccccc6)OC(c6ccccc6)=C5)sc4c3s2)C(=O)N(CC)C1=S. The van der Waals surface area contributed by atoms with Gasteiger partial charge in [0.2, 0.25) is 0 Å². The molecule has 7 rings (SSSR count). The minimum absolute atomic E-state index is 0.132. The van der Waals surface area contributed by atoms with E-state index in [2.05, 4.69) is 54.6 Å². The summed E-state index contributed by atoms with van der Waals surface area (Å²) in [6, 6.07) is 24.8. The maximum absolute atomic E-state index is 12.9. The van der Waals surface area contributed by atoms with Gasteiger partial charge in [0.25, 0.3) is 11.8 Å². The highest BCUT2D eigenvalue weighted by Gasteiger charge is 2.37. The highest BCUT2D eigenvalue weighted by molar-refractivity contribution is 7.80. The van der Waals surface area contributed by atoms with E-state index < -0.39 is 0 Å². The number of hydrogen-bond donors (Lipinski definition) is 0. The summed E-state index contributed by atoms with van der Waals surface area (Å²) in [4.78, 5) is 31.0. The van der Waals surface area contributed by atoms with E-state index in [1.54, 1.807) is 46.2 Å². The third-order valence-electron chi connectivity index (χ3n) is 7.67. The summed E-state index contributed by atoms with van der Waals surface area (Å²) >= 11 is 10.6. The molecule has 5 heterocycles. The van der Waals surface area contributed by atoms with E-state index in [9.17, 15) is 9.59 Å². The average Bonchev–Trinajstić information content (AvgIpc) is 3.74. The number of rotatable bonds is 7. The molecular formula is C37H28N2O3S4. The van der Waals surface area contributed by atoms with Gasteiger partial charge in [-0.1, -0.05) is 66.7 Å². The standard InChI is InChI=1S/C37H28N2O3S4/c1-3-38-35(40)28(36(41)39(4-2)37(38)43)17-11-16-26-21-31-33(44-26)34-32(46-31)22-27(45-34)18-23-19-29(24-12-7-5-8-13-24)42-30(20-23)25-14-9-6-10-15-25/h5-22H,3-4H2,1-2H3/b16-11+. The molecule has 0 spiro atoms. The Morgan fingerprint density at radius 2 is 1.26 bits per heavy atom. The first kappa shape index (κ1) is 30.3. The predicted molar refractivity (Wildman–Crippen MR) is 197 cm³/mol. The number of allylic oxidation sites excluding steroid dienone is 5. The van der Waals surface area contributed by atoms with Crippen molar-refractivity contribution in [1.29, 1.82) is 0 Å². The molecule has 2 aliphatic heterocycles. The average molecular weight is 677 g/mol. The summed E-state index contributed by atoms with van der Waals surface area (Å²) in [6.07, 6.45) is 11.8. The lowest BCUT2D eigenvalue weighted by atomic mass is 10.0. The highest BCUT2D eigenvalue weighted by Crippen LogP contribution is 2.45. The minimum Gasteiger partial charge on any atom is -0.456 e. The quantitative estimate of drug-likeness (QED) is 0.0979. The van der Waals surface area contributed by atoms with Crippen LogP contribution in [-0.2, 0) is 14.3 Å². The summed E-state index contributed by atoms with van der Waals surface area (Å²) in [5.74, 6) is 0.953. The van der Waals surface area contributed by atoms with Crippen LogP contribution in [0, 0.1) is 0 Å². The second-order valence-electron chi connectivity index (χ2n) is 10.6. The molecule has 46 heavy (non-hydrogen) atoms. The van der Waals surface area contributed by atoms with Gasteiger partial charge in [0.05, 0.1) is 9.40 Å². The van der Waals surface area contributed by atoms with Gasteiger partial charge in [-0.15, -0.1) is 34.0 Å². The number of thiocarbonyl (C=S) groups is 1. The lowest BCUT2D eigenvalue weighted by molar-refractivity contribution is -0.133. The van der Waals surface area contributed by atoms with Crippen LogP contribution in [0.1, 0.15) is 34.7 Å². The van der Waals surface area contributed by atoms with Gasteiger partial charge in [-0.3, -0.25) is 19.4 Å². The van der Waals surface area contributed by atoms with Gasteiger partial charge in [0.1, 0.15) is 17.1 Å². The zero-order valence-electron chi connectivity index (χ0n) is 25.1. The number of carbonyl (C=O) groups excluding carboxylic acids is 2. The van der Waals surface area contributed by atoms with Crippen LogP contribution in [0.25, 0.3) is 42.5 Å². The molecule has 1 saturated heterocycles. The molecule has 1 fully saturated rings. The number of ether oxygens (including phenoxy) is 1. The first-order valence-corrected chi connectivity index (χ1v) is 17.7. The van der Waals surface area contributed by atoms with Gasteiger partial charge in [-0.2, -0.15) is 0 Å². The normalized spacial score (nSPS) is 15.7. The number of thiophene rings is 3. The number of fused-ring (bicyclic) bond motifs is 3. The van der Waals surface area contributed by atoms with Crippen LogP contribution in [0.3, 0.4) is 0 Å². The maximum atomic E-state index is 12.9. The van der Waals surface area contributed by atoms with Gasteiger partial charge >= 0.3 is 0 Å². The van der Waals surface area contributed by atoms with E-state index in [1.807, 2.05) is 56.3 Å². The van der Waals surface area contributed by atoms with E-state index in [0.717, 1.165) is 33.1 Å². The number of carbonyl (C=O) groups is 2. The van der Waals surface area contributed by atoms with Crippen LogP contribution >= 0.6 is 46.2 Å². The van der Waals surface area contributed by atoms with Crippen LogP contribution in [-0.4, -0.2) is 39.8 Å². The van der Waals surface area contributed by atoms with E-state index in [4.69, 9.17) is 17.0 Å². The van der Waals surface area contributed by atoms with Crippen molar-refractivity contribution in [2.45, 2.75) is 13.8 Å². The Labute approximate surface area is 284 Å². The van der Waals surface area contributed by atoms with Crippen molar-refractivity contribution in [3.05, 3.63) is 129 Å². The summed E-state index contributed by atoms with van der Waals surface area (Å²) < 4.78 is 11.4. The lowest BCUT2D eigenvalue weighted by Gasteiger charge is -2.35. The molecule has 2 amide bonds. The zero-order chi connectivity index (χ0) is 31.8. The smallest absolute Gasteiger partial charge is 0.265 e. The highest BCUT2D eigenvalue weighted by atomic mass is 32.1. The third kappa shape index (κ3) is 5.71. The van der Waals surface area contributed by atoms with E-state index >= 15 is 0 Å². The number of likely N-dealkylation sites (N-methyl/N-ethyl adjacent to an activating group) is 2. The molecule has 0 atom stereocenters. The van der Waals surface area contributed by atoms with Gasteiger partial charge in [0, 0.05) is 43.4 Å². The van der Waals surface area contributed by atoms with Crippen LogP contribution in [0.4, 0.5) is 0 Å². The Bertz CT molecular complexity index is 2080. The molecule has 0 saturated carbocycles. The van der Waals surface area contributed by atoms with Gasteiger partial charge in [-0.05, 0) is 74.2 Å². The van der Waals surface area contributed by atoms with Crippen LogP contribution in [0.15, 0.2) is 108 Å². The molecule has 5 nitrogen and oxygen atoms in total. The molecule has 0 aliphatic carbocycles. The van der Waals surface area contributed by atoms with Crippen molar-refractivity contribution < 1.29 is 14.3 Å². The Balaban J connectivity index is 1.18. The Hall–Kier alpha value is -4.41. The lowest BCUT2D eigenvalue weighted by Crippen LogP contribution is -2.55. The fraction of sp³-hybridized carbons (Fsp3) is 0.108. The molecule has 0 unspecified atom stereocenters. The van der Waals surface area contributed by atoms with Crippen molar-refractivity contribution in [3.8, 4) is 0 Å². The molecule has 0 N–H and O–H groups in total. The summed E-state index contributed by atoms with van der Waals surface area (Å²) in [5.41, 5.74) is 3.27. The minimum atomic E-state index is -0.345. The van der Waals surface area contributed by atoms with Crippen molar-refractivity contribution in [3.63, 3.8) is 0 Å². The van der Waals surface area contributed by atoms with Crippen LogP contribution in [0.5, 0.6) is 0 Å². The summed E-state index contributed by atoms with van der Waals surface area (Å²) in [7, 11) is 0. The second-order valence-corrected chi connectivity index (χ2v) is 14.2. The van der Waals surface area contributed by atoms with Gasteiger partial charge in [0.15, 0.2) is 5.11 Å². The van der Waals surface area contributed by atoms with Crippen molar-refractivity contribution >= 4 is 106 Å². The number of hydrogen-bond acceptors (Lipinski definition) is 7. The Kier molecular flexibility index (Phi) is 8.40. The van der Waals surface area contributed by atoms with E-state index in [0.29, 0.717) is 13.1 Å². The molecule has 2 aromatic carbocycles. The van der Waals surface area contributed by atoms with Crippen LogP contribution in [0.2, 0.25) is 0 Å². The fourth-order valence-corrected chi connectivity index (χ4v) is 9.77. The van der Waals surface area contributed by atoms with E-state index in [-0.39, 0.29) is 22.5 Å². The fourth-order valence-electron chi connectivity index (χ4n) is 5.42. The van der Waals surface area contributed by atoms with Crippen LogP contribution < -0.4 is 0 Å². The van der Waals surface area contributed by atoms with Gasteiger partial charge in [-0.25, -0.2) is 0 Å². The maximum Gasteiger partial charge on any atom is 0.265 e. The first-order valence-electron chi connectivity index (χ1n) is 14.9. The van der Waals surface area contributed by atoms with Crippen molar-refractivity contribution in [1.82, 2.24) is 9.80 Å². The zero-order valence-corrected chi connectivity index (χ0v) is 28.3. The van der Waals surface area contributed by atoms with Gasteiger partial charge < -0.3 is 4.74 Å². The number of nitrogens with zero attached hydrogens (tertiary/aromatic N) is 2. The molecule has 9 heteroatoms. The van der Waals surface area contributed by atoms with Crippen molar-refractivity contribution in [2.75, 3.05) is 13.1 Å². The topological polar surface area (TPSA) is 49.9 Å². The molecule has 0 radical (unpaired) electrons. The number of benzene rings is 2. The van der Waals surface area contributed by atoms with E-state index in [1.165, 1.54) is 33.5 Å². The second kappa shape index (κ2) is 12.8. The molecule has 5 aromatic rings. The predicted octanol–water partition coefficient (Wildman–Crippen LogP) is 9.61. The third-order valence-corrected chi connectivity index (χ3v) is 11.8. The molecule has 0 bridgehead atoms. The molecule has 2 aliphatic rings. The Morgan fingerprint density at radius 1 is 0.739 bits per heavy atom. The first-order chi connectivity index (χ1) is 22.4. The monoisotopic (exact) mass is 676 g/mol.